The van der Waals surface area contributed by atoms with E-state index in [4.69, 9.17) is 14.6 Å². The molecule has 100 valence electrons. The van der Waals surface area contributed by atoms with Gasteiger partial charge < -0.3 is 19.9 Å². The van der Waals surface area contributed by atoms with Crippen LogP contribution in [0.5, 0.6) is 0 Å². The highest BCUT2D eigenvalue weighted by Crippen LogP contribution is 2.01. The molecule has 0 rings (SSSR count). The Balaban J connectivity index is 3.80. The second kappa shape index (κ2) is 8.95. The second-order valence-electron chi connectivity index (χ2n) is 3.88. The lowest BCUT2D eigenvalue weighted by molar-refractivity contribution is -0.143. The van der Waals surface area contributed by atoms with E-state index in [9.17, 15) is 9.59 Å². The Morgan fingerprint density at radius 2 is 1.82 bits per heavy atom. The molecule has 2 N–H and O–H groups in total. The van der Waals surface area contributed by atoms with Crippen LogP contribution in [0.3, 0.4) is 0 Å². The quantitative estimate of drug-likeness (QED) is 0.571. The maximum absolute atomic E-state index is 11.4. The van der Waals surface area contributed by atoms with E-state index in [0.717, 1.165) is 0 Å². The zero-order valence-electron chi connectivity index (χ0n) is 10.6. The third kappa shape index (κ3) is 7.70. The van der Waals surface area contributed by atoms with Gasteiger partial charge in [-0.3, -0.25) is 4.79 Å². The van der Waals surface area contributed by atoms with Gasteiger partial charge in [-0.2, -0.15) is 0 Å². The van der Waals surface area contributed by atoms with Crippen LogP contribution in [0, 0.1) is 5.92 Å². The molecule has 0 radical (unpaired) electrons. The van der Waals surface area contributed by atoms with Gasteiger partial charge in [0.2, 0.25) is 5.91 Å². The highest BCUT2D eigenvalue weighted by Gasteiger charge is 2.23. The number of ether oxygens (including phenoxy) is 2. The van der Waals surface area contributed by atoms with E-state index in [1.165, 1.54) is 0 Å². The largest absolute Gasteiger partial charge is 0.480 e. The normalized spacial score (nSPS) is 12.5. The molecule has 0 aliphatic carbocycles. The van der Waals surface area contributed by atoms with Gasteiger partial charge >= 0.3 is 5.97 Å². The van der Waals surface area contributed by atoms with Crippen molar-refractivity contribution in [2.24, 2.45) is 5.92 Å². The first-order valence-corrected chi connectivity index (χ1v) is 5.66. The molecule has 1 unspecified atom stereocenters. The molecule has 0 heterocycles. The van der Waals surface area contributed by atoms with Gasteiger partial charge in [0.15, 0.2) is 0 Å². The van der Waals surface area contributed by atoms with Crippen molar-refractivity contribution in [1.29, 1.82) is 0 Å². The number of amides is 1. The number of carboxylic acids is 1. The Labute approximate surface area is 101 Å². The monoisotopic (exact) mass is 247 g/mol. The van der Waals surface area contributed by atoms with E-state index < -0.39 is 17.9 Å². The van der Waals surface area contributed by atoms with Crippen LogP contribution >= 0.6 is 0 Å². The molecule has 0 aromatic heterocycles. The second-order valence-corrected chi connectivity index (χ2v) is 3.88. The fraction of sp³-hybridized carbons (Fsp3) is 0.818. The van der Waals surface area contributed by atoms with Crippen LogP contribution in [0.1, 0.15) is 20.8 Å². The van der Waals surface area contributed by atoms with Gasteiger partial charge in [0.1, 0.15) is 12.6 Å². The van der Waals surface area contributed by atoms with Gasteiger partial charge in [0, 0.05) is 6.61 Å². The molecular formula is C11H21NO5. The van der Waals surface area contributed by atoms with Crippen LogP contribution in [-0.2, 0) is 19.1 Å². The summed E-state index contributed by atoms with van der Waals surface area (Å²) in [5.41, 5.74) is 0. The number of carboxylic acid groups (broad SMARTS) is 1. The molecular weight excluding hydrogens is 226 g/mol. The third-order valence-electron chi connectivity index (χ3n) is 2.06. The van der Waals surface area contributed by atoms with Crippen LogP contribution in [-0.4, -0.2) is 49.5 Å². The predicted molar refractivity (Wildman–Crippen MR) is 61.7 cm³/mol. The third-order valence-corrected chi connectivity index (χ3v) is 2.06. The molecule has 0 aromatic rings. The van der Waals surface area contributed by atoms with Crippen molar-refractivity contribution in [3.8, 4) is 0 Å². The van der Waals surface area contributed by atoms with Crippen molar-refractivity contribution in [2.45, 2.75) is 26.8 Å². The fourth-order valence-corrected chi connectivity index (χ4v) is 1.16. The van der Waals surface area contributed by atoms with E-state index in [0.29, 0.717) is 19.8 Å². The average molecular weight is 247 g/mol. The molecule has 0 saturated heterocycles. The van der Waals surface area contributed by atoms with Crippen LogP contribution in [0.4, 0.5) is 0 Å². The van der Waals surface area contributed by atoms with E-state index >= 15 is 0 Å². The molecule has 17 heavy (non-hydrogen) atoms. The van der Waals surface area contributed by atoms with Crippen molar-refractivity contribution < 1.29 is 24.2 Å². The SMILES string of the molecule is CCOCCOCC(=O)NC(C(=O)O)C(C)C. The van der Waals surface area contributed by atoms with Crippen LogP contribution in [0.2, 0.25) is 0 Å². The number of nitrogens with one attached hydrogen (secondary N) is 1. The predicted octanol–water partition coefficient (Wildman–Crippen LogP) is 0.265. The molecule has 0 fully saturated rings. The van der Waals surface area contributed by atoms with Gasteiger partial charge in [-0.25, -0.2) is 4.79 Å². The lowest BCUT2D eigenvalue weighted by atomic mass is 10.1. The van der Waals surface area contributed by atoms with Crippen molar-refractivity contribution in [3.63, 3.8) is 0 Å². The summed E-state index contributed by atoms with van der Waals surface area (Å²) in [6, 6.07) is -0.877. The number of rotatable bonds is 9. The topological polar surface area (TPSA) is 84.9 Å². The molecule has 0 aliphatic heterocycles. The van der Waals surface area contributed by atoms with Crippen molar-refractivity contribution in [3.05, 3.63) is 0 Å². The lowest BCUT2D eigenvalue weighted by Gasteiger charge is -2.17. The first-order valence-electron chi connectivity index (χ1n) is 5.66. The maximum Gasteiger partial charge on any atom is 0.326 e. The Hall–Kier alpha value is -1.14. The van der Waals surface area contributed by atoms with E-state index in [1.54, 1.807) is 13.8 Å². The van der Waals surface area contributed by atoms with Gasteiger partial charge in [0.05, 0.1) is 13.2 Å². The van der Waals surface area contributed by atoms with E-state index in [-0.39, 0.29) is 12.5 Å². The standard InChI is InChI=1S/C11H21NO5/c1-4-16-5-6-17-7-9(13)12-10(8(2)3)11(14)15/h8,10H,4-7H2,1-3H3,(H,12,13)(H,14,15). The number of carbonyl (C=O) groups excluding carboxylic acids is 1. The van der Waals surface area contributed by atoms with Crippen LogP contribution in [0.25, 0.3) is 0 Å². The first kappa shape index (κ1) is 15.9. The van der Waals surface area contributed by atoms with Crippen molar-refractivity contribution >= 4 is 11.9 Å². The number of carbonyl (C=O) groups is 2. The van der Waals surface area contributed by atoms with Crippen LogP contribution in [0.15, 0.2) is 0 Å². The summed E-state index contributed by atoms with van der Waals surface area (Å²) in [5.74, 6) is -1.63. The Kier molecular flexibility index (Phi) is 8.35. The number of hydrogen-bond donors (Lipinski definition) is 2. The molecule has 1 amide bonds. The summed E-state index contributed by atoms with van der Waals surface area (Å²) < 4.78 is 10.0. The molecule has 0 spiro atoms. The van der Waals surface area contributed by atoms with Gasteiger partial charge in [-0.1, -0.05) is 13.8 Å². The zero-order valence-corrected chi connectivity index (χ0v) is 10.6. The van der Waals surface area contributed by atoms with Crippen LogP contribution < -0.4 is 5.32 Å². The molecule has 0 bridgehead atoms. The summed E-state index contributed by atoms with van der Waals surface area (Å²) in [4.78, 5) is 22.2. The molecule has 0 aromatic carbocycles. The Bertz CT molecular complexity index is 242. The first-order chi connectivity index (χ1) is 7.99. The van der Waals surface area contributed by atoms with Gasteiger partial charge in [-0.15, -0.1) is 0 Å². The highest BCUT2D eigenvalue weighted by molar-refractivity contribution is 5.84. The van der Waals surface area contributed by atoms with Gasteiger partial charge in [0.25, 0.3) is 0 Å². The van der Waals surface area contributed by atoms with Crippen molar-refractivity contribution in [1.82, 2.24) is 5.32 Å². The summed E-state index contributed by atoms with van der Waals surface area (Å²) in [6.07, 6.45) is 0. The smallest absolute Gasteiger partial charge is 0.326 e. The van der Waals surface area contributed by atoms with Crippen molar-refractivity contribution in [2.75, 3.05) is 26.4 Å². The average Bonchev–Trinajstić information content (AvgIpc) is 2.24. The van der Waals surface area contributed by atoms with E-state index in [1.807, 2.05) is 6.92 Å². The fourth-order valence-electron chi connectivity index (χ4n) is 1.16. The number of aliphatic carboxylic acids is 1. The minimum Gasteiger partial charge on any atom is -0.480 e. The molecule has 0 aliphatic rings. The maximum atomic E-state index is 11.4. The summed E-state index contributed by atoms with van der Waals surface area (Å²) >= 11 is 0. The zero-order chi connectivity index (χ0) is 13.3. The highest BCUT2D eigenvalue weighted by atomic mass is 16.5. The molecule has 0 saturated carbocycles. The molecule has 6 nitrogen and oxygen atoms in total. The summed E-state index contributed by atoms with van der Waals surface area (Å²) in [6.45, 7) is 6.53. The lowest BCUT2D eigenvalue weighted by Crippen LogP contribution is -2.45. The molecule has 1 atom stereocenters. The molecule has 6 heteroatoms. The summed E-state index contributed by atoms with van der Waals surface area (Å²) in [7, 11) is 0. The number of hydrogen-bond acceptors (Lipinski definition) is 4. The minimum absolute atomic E-state index is 0.149. The Morgan fingerprint density at radius 3 is 2.29 bits per heavy atom. The van der Waals surface area contributed by atoms with E-state index in [2.05, 4.69) is 5.32 Å². The summed E-state index contributed by atoms with van der Waals surface area (Å²) in [5, 5.41) is 11.3. The van der Waals surface area contributed by atoms with Gasteiger partial charge in [-0.05, 0) is 12.8 Å². The minimum atomic E-state index is -1.04. The Morgan fingerprint density at radius 1 is 1.24 bits per heavy atom.